The molecule has 0 spiro atoms. The molecule has 4 nitrogen and oxygen atoms in total. The maximum absolute atomic E-state index is 11.6. The molecule has 4 heteroatoms. The minimum atomic E-state index is -0.312. The summed E-state index contributed by atoms with van der Waals surface area (Å²) in [6, 6.07) is 9.45. The van der Waals surface area contributed by atoms with Crippen LogP contribution < -0.4 is 10.9 Å². The standard InChI is InChI=1S/C15H18N2O2/c1-10-5-7-11(8-6-10)12-9-13(18)16-14(19-12)17-15(2,3)4/h5-9H,1-4H3,(H,16,17,18). The Hall–Kier alpha value is -2.10. The van der Waals surface area contributed by atoms with E-state index in [-0.39, 0.29) is 17.1 Å². The molecule has 1 heterocycles. The number of anilines is 1. The topological polar surface area (TPSA) is 55.1 Å². The lowest BCUT2D eigenvalue weighted by Gasteiger charge is -2.19. The number of hydrogen-bond donors (Lipinski definition) is 1. The van der Waals surface area contributed by atoms with Gasteiger partial charge in [0.1, 0.15) is 5.76 Å². The van der Waals surface area contributed by atoms with Gasteiger partial charge in [-0.25, -0.2) is 0 Å². The SMILES string of the molecule is Cc1ccc(-c2cc(=O)nc(NC(C)(C)C)o2)cc1. The molecule has 1 aromatic heterocycles. The van der Waals surface area contributed by atoms with Gasteiger partial charge in [0.2, 0.25) is 0 Å². The molecular weight excluding hydrogens is 240 g/mol. The van der Waals surface area contributed by atoms with Crippen molar-refractivity contribution in [2.24, 2.45) is 0 Å². The highest BCUT2D eigenvalue weighted by molar-refractivity contribution is 5.57. The van der Waals surface area contributed by atoms with Crippen molar-refractivity contribution in [2.75, 3.05) is 5.32 Å². The zero-order valence-electron chi connectivity index (χ0n) is 11.7. The van der Waals surface area contributed by atoms with Crippen LogP contribution in [0.25, 0.3) is 11.3 Å². The molecule has 0 aliphatic rings. The summed E-state index contributed by atoms with van der Waals surface area (Å²) in [6.07, 6.45) is 0. The van der Waals surface area contributed by atoms with Gasteiger partial charge in [0.15, 0.2) is 0 Å². The summed E-state index contributed by atoms with van der Waals surface area (Å²) < 4.78 is 5.64. The summed E-state index contributed by atoms with van der Waals surface area (Å²) in [6.45, 7) is 7.95. The van der Waals surface area contributed by atoms with Gasteiger partial charge in [0.05, 0.1) is 0 Å². The van der Waals surface area contributed by atoms with Gasteiger partial charge in [-0.2, -0.15) is 4.98 Å². The van der Waals surface area contributed by atoms with Crippen molar-refractivity contribution in [3.63, 3.8) is 0 Å². The third-order valence-electron chi connectivity index (χ3n) is 2.49. The van der Waals surface area contributed by atoms with Crippen molar-refractivity contribution >= 4 is 6.01 Å². The zero-order valence-corrected chi connectivity index (χ0v) is 11.7. The number of rotatable bonds is 2. The highest BCUT2D eigenvalue weighted by Crippen LogP contribution is 2.21. The molecule has 100 valence electrons. The predicted molar refractivity (Wildman–Crippen MR) is 76.3 cm³/mol. The van der Waals surface area contributed by atoms with Crippen LogP contribution in [0.1, 0.15) is 26.3 Å². The second kappa shape index (κ2) is 4.88. The van der Waals surface area contributed by atoms with E-state index in [0.29, 0.717) is 5.76 Å². The van der Waals surface area contributed by atoms with Gasteiger partial charge < -0.3 is 9.73 Å². The van der Waals surface area contributed by atoms with E-state index < -0.39 is 0 Å². The summed E-state index contributed by atoms with van der Waals surface area (Å²) in [7, 11) is 0. The van der Waals surface area contributed by atoms with Gasteiger partial charge in [-0.15, -0.1) is 0 Å². The Bertz CT molecular complexity index is 622. The van der Waals surface area contributed by atoms with E-state index in [1.807, 2.05) is 52.0 Å². The van der Waals surface area contributed by atoms with Crippen molar-refractivity contribution in [1.82, 2.24) is 4.98 Å². The fraction of sp³-hybridized carbons (Fsp3) is 0.333. The molecule has 0 bridgehead atoms. The van der Waals surface area contributed by atoms with Crippen molar-refractivity contribution in [3.8, 4) is 11.3 Å². The molecule has 1 aromatic carbocycles. The normalized spacial score (nSPS) is 11.4. The first-order valence-electron chi connectivity index (χ1n) is 6.21. The molecule has 0 saturated carbocycles. The van der Waals surface area contributed by atoms with Gasteiger partial charge in [-0.1, -0.05) is 29.8 Å². The van der Waals surface area contributed by atoms with Crippen LogP contribution in [0.15, 0.2) is 39.5 Å². The fourth-order valence-corrected chi connectivity index (χ4v) is 1.64. The molecule has 19 heavy (non-hydrogen) atoms. The number of nitrogens with zero attached hydrogens (tertiary/aromatic N) is 1. The molecule has 0 aliphatic carbocycles. The molecule has 0 saturated heterocycles. The molecule has 0 atom stereocenters. The van der Waals surface area contributed by atoms with Gasteiger partial charge >= 0.3 is 0 Å². The van der Waals surface area contributed by atoms with Crippen LogP contribution >= 0.6 is 0 Å². The summed E-state index contributed by atoms with van der Waals surface area (Å²) in [5.41, 5.74) is 1.50. The first-order chi connectivity index (χ1) is 8.83. The maximum Gasteiger partial charge on any atom is 0.298 e. The largest absolute Gasteiger partial charge is 0.425 e. The second-order valence-corrected chi connectivity index (χ2v) is 5.61. The zero-order chi connectivity index (χ0) is 14.0. The summed E-state index contributed by atoms with van der Waals surface area (Å²) in [5, 5.41) is 3.07. The Labute approximate surface area is 112 Å². The smallest absolute Gasteiger partial charge is 0.298 e. The molecule has 1 N–H and O–H groups in total. The van der Waals surface area contributed by atoms with Gasteiger partial charge in [0.25, 0.3) is 11.6 Å². The molecule has 0 amide bonds. The molecule has 0 aliphatic heterocycles. The lowest BCUT2D eigenvalue weighted by molar-refractivity contribution is 0.517. The molecule has 2 aromatic rings. The Morgan fingerprint density at radius 1 is 1.16 bits per heavy atom. The van der Waals surface area contributed by atoms with E-state index in [9.17, 15) is 4.79 Å². The summed E-state index contributed by atoms with van der Waals surface area (Å²) >= 11 is 0. The van der Waals surface area contributed by atoms with Crippen LogP contribution in [0, 0.1) is 6.92 Å². The summed E-state index contributed by atoms with van der Waals surface area (Å²) in [4.78, 5) is 15.5. The highest BCUT2D eigenvalue weighted by atomic mass is 16.4. The highest BCUT2D eigenvalue weighted by Gasteiger charge is 2.13. The van der Waals surface area contributed by atoms with Crippen LogP contribution in [0.4, 0.5) is 6.01 Å². The van der Waals surface area contributed by atoms with E-state index in [0.717, 1.165) is 11.1 Å². The maximum atomic E-state index is 11.6. The van der Waals surface area contributed by atoms with E-state index in [2.05, 4.69) is 10.3 Å². The Morgan fingerprint density at radius 3 is 2.37 bits per heavy atom. The minimum absolute atomic E-state index is 0.213. The Balaban J connectivity index is 2.42. The Kier molecular flexibility index (Phi) is 3.42. The molecular formula is C15H18N2O2. The van der Waals surface area contributed by atoms with Crippen molar-refractivity contribution < 1.29 is 4.42 Å². The van der Waals surface area contributed by atoms with E-state index in [4.69, 9.17) is 4.42 Å². The quantitative estimate of drug-likeness (QED) is 0.898. The number of aryl methyl sites for hydroxylation is 1. The minimum Gasteiger partial charge on any atom is -0.425 e. The molecule has 2 rings (SSSR count). The van der Waals surface area contributed by atoms with Crippen molar-refractivity contribution in [2.45, 2.75) is 33.2 Å². The van der Waals surface area contributed by atoms with Gasteiger partial charge in [-0.05, 0) is 27.7 Å². The average molecular weight is 258 g/mol. The number of nitrogens with one attached hydrogen (secondary N) is 1. The van der Waals surface area contributed by atoms with Gasteiger partial charge in [-0.3, -0.25) is 4.79 Å². The third kappa shape index (κ3) is 3.68. The van der Waals surface area contributed by atoms with Crippen molar-refractivity contribution in [1.29, 1.82) is 0 Å². The van der Waals surface area contributed by atoms with E-state index in [1.54, 1.807) is 0 Å². The average Bonchev–Trinajstić information content (AvgIpc) is 2.26. The monoisotopic (exact) mass is 258 g/mol. The number of aromatic nitrogens is 1. The van der Waals surface area contributed by atoms with Crippen LogP contribution in [-0.2, 0) is 0 Å². The van der Waals surface area contributed by atoms with Crippen LogP contribution in [0.3, 0.4) is 0 Å². The van der Waals surface area contributed by atoms with E-state index in [1.165, 1.54) is 6.07 Å². The van der Waals surface area contributed by atoms with Gasteiger partial charge in [0, 0.05) is 17.2 Å². The van der Waals surface area contributed by atoms with E-state index >= 15 is 0 Å². The predicted octanol–water partition coefficient (Wildman–Crippen LogP) is 3.22. The van der Waals surface area contributed by atoms with Crippen LogP contribution in [-0.4, -0.2) is 10.5 Å². The van der Waals surface area contributed by atoms with Crippen LogP contribution in [0.5, 0.6) is 0 Å². The lowest BCUT2D eigenvalue weighted by Crippen LogP contribution is -2.27. The number of benzene rings is 1. The molecule has 0 unspecified atom stereocenters. The molecule has 0 fully saturated rings. The first-order valence-corrected chi connectivity index (χ1v) is 6.21. The summed E-state index contributed by atoms with van der Waals surface area (Å²) in [5.74, 6) is 0.520. The Morgan fingerprint density at radius 2 is 1.79 bits per heavy atom. The third-order valence-corrected chi connectivity index (χ3v) is 2.49. The van der Waals surface area contributed by atoms with Crippen LogP contribution in [0.2, 0.25) is 0 Å². The fourth-order valence-electron chi connectivity index (χ4n) is 1.64. The first kappa shape index (κ1) is 13.3. The lowest BCUT2D eigenvalue weighted by atomic mass is 10.1. The van der Waals surface area contributed by atoms with Crippen molar-refractivity contribution in [3.05, 3.63) is 46.2 Å². The molecule has 0 radical (unpaired) electrons. The number of hydrogen-bond acceptors (Lipinski definition) is 4. The second-order valence-electron chi connectivity index (χ2n) is 5.61.